The monoisotopic (exact) mass is 634 g/mol. The second-order valence-corrected chi connectivity index (χ2v) is 17.0. The fourth-order valence-electron chi connectivity index (χ4n) is 11.2. The van der Waals surface area contributed by atoms with Crippen molar-refractivity contribution in [3.05, 3.63) is 23.3 Å². The number of rotatable bonds is 4. The van der Waals surface area contributed by atoms with E-state index in [2.05, 4.69) is 33.8 Å². The lowest BCUT2D eigenvalue weighted by molar-refractivity contribution is -0.276. The molecule has 44 heavy (non-hydrogen) atoms. The maximum Gasteiger partial charge on any atom is 0.333 e. The van der Waals surface area contributed by atoms with Crippen LogP contribution in [0.3, 0.4) is 0 Å². The Bertz CT molecular complexity index is 1260. The van der Waals surface area contributed by atoms with Crippen molar-refractivity contribution in [3.63, 3.8) is 0 Å². The Kier molecular flexibility index (Phi) is 8.36. The number of aliphatic hydroxyl groups is 4. The predicted octanol–water partition coefficient (Wildman–Crippen LogP) is 4.53. The zero-order valence-electron chi connectivity index (χ0n) is 27.7. The molecule has 0 heterocycles. The van der Waals surface area contributed by atoms with Gasteiger partial charge in [0.05, 0.1) is 24.2 Å². The number of aliphatic hydroxyl groups excluding tert-OH is 3. The number of thiol groups is 1. The molecule has 0 saturated heterocycles. The van der Waals surface area contributed by atoms with Crippen molar-refractivity contribution in [1.82, 2.24) is 0 Å². The second kappa shape index (κ2) is 10.8. The first-order valence-electron chi connectivity index (χ1n) is 16.4. The minimum atomic E-state index is -1.60. The smallest absolute Gasteiger partial charge is 0.333 e. The van der Waals surface area contributed by atoms with Gasteiger partial charge in [0.15, 0.2) is 12.2 Å². The van der Waals surface area contributed by atoms with Gasteiger partial charge in [0, 0.05) is 17.2 Å². The third-order valence-electron chi connectivity index (χ3n) is 14.0. The van der Waals surface area contributed by atoms with E-state index < -0.39 is 70.1 Å². The molecule has 3 unspecified atom stereocenters. The normalized spacial score (nSPS) is 52.0. The molecule has 248 valence electrons. The molecule has 5 rings (SSSR count). The number of ether oxygens (including phenoxy) is 2. The van der Waals surface area contributed by atoms with E-state index in [-0.39, 0.29) is 29.1 Å². The molecule has 0 aromatic heterocycles. The largest absolute Gasteiger partial charge is 0.455 e. The fourth-order valence-corrected chi connectivity index (χ4v) is 11.7. The molecule has 5 aliphatic rings. The first-order chi connectivity index (χ1) is 20.3. The lowest BCUT2D eigenvalue weighted by atomic mass is 9.34. The van der Waals surface area contributed by atoms with E-state index in [1.54, 1.807) is 26.8 Å². The maximum absolute atomic E-state index is 13.2. The van der Waals surface area contributed by atoms with Gasteiger partial charge in [0.1, 0.15) is 5.60 Å². The SMILES string of the molecule is C/C=C(/C)C(=O)O[C@H]1[C@H](OC(C)=O)[C@](C)(O)CC2C3=CCC4[C@@]5(C)CC[C@H](O)[C@@](C)(S)C5CC[C@@]4(C)[C@]3(C)C[C@@H](O)[C@]21CO. The van der Waals surface area contributed by atoms with Crippen LogP contribution in [0.4, 0.5) is 0 Å². The number of carbonyl (C=O) groups is 2. The molecule has 4 saturated carbocycles. The van der Waals surface area contributed by atoms with Gasteiger partial charge < -0.3 is 29.9 Å². The van der Waals surface area contributed by atoms with E-state index in [9.17, 15) is 30.0 Å². The van der Waals surface area contributed by atoms with Crippen molar-refractivity contribution < 1.29 is 39.5 Å². The van der Waals surface area contributed by atoms with E-state index in [4.69, 9.17) is 22.1 Å². The molecule has 8 nitrogen and oxygen atoms in total. The summed E-state index contributed by atoms with van der Waals surface area (Å²) in [5.74, 6) is -1.31. The van der Waals surface area contributed by atoms with Crippen LogP contribution in [0.5, 0.6) is 0 Å². The molecule has 9 heteroatoms. The summed E-state index contributed by atoms with van der Waals surface area (Å²) in [5, 5.41) is 46.4. The summed E-state index contributed by atoms with van der Waals surface area (Å²) in [6.07, 6.45) is 4.42. The van der Waals surface area contributed by atoms with Crippen LogP contribution in [0.2, 0.25) is 0 Å². The molecule has 4 fully saturated rings. The molecule has 0 aromatic rings. The number of carbonyl (C=O) groups excluding carboxylic acids is 2. The first-order valence-corrected chi connectivity index (χ1v) is 16.9. The van der Waals surface area contributed by atoms with Gasteiger partial charge >= 0.3 is 11.9 Å². The van der Waals surface area contributed by atoms with Crippen LogP contribution in [-0.4, -0.2) is 73.7 Å². The molecule has 5 aliphatic carbocycles. The number of esters is 2. The van der Waals surface area contributed by atoms with Crippen molar-refractivity contribution in [2.24, 2.45) is 39.4 Å². The summed E-state index contributed by atoms with van der Waals surface area (Å²) < 4.78 is 11.2. The number of fused-ring (bicyclic) bond motifs is 7. The Morgan fingerprint density at radius 2 is 1.64 bits per heavy atom. The Morgan fingerprint density at radius 1 is 0.977 bits per heavy atom. The molecule has 4 N–H and O–H groups in total. The summed E-state index contributed by atoms with van der Waals surface area (Å²) in [7, 11) is 0. The van der Waals surface area contributed by atoms with Crippen LogP contribution in [0.15, 0.2) is 23.3 Å². The topological polar surface area (TPSA) is 134 Å². The van der Waals surface area contributed by atoms with Crippen molar-refractivity contribution >= 4 is 24.6 Å². The highest BCUT2D eigenvalue weighted by atomic mass is 32.1. The summed E-state index contributed by atoms with van der Waals surface area (Å²) in [6, 6.07) is 0. The second-order valence-electron chi connectivity index (χ2n) is 16.0. The molecule has 0 bridgehead atoms. The van der Waals surface area contributed by atoms with Crippen molar-refractivity contribution in [1.29, 1.82) is 0 Å². The highest BCUT2D eigenvalue weighted by Gasteiger charge is 2.74. The van der Waals surface area contributed by atoms with E-state index in [0.29, 0.717) is 18.4 Å². The van der Waals surface area contributed by atoms with Gasteiger partial charge in [-0.15, -0.1) is 0 Å². The van der Waals surface area contributed by atoms with Gasteiger partial charge in [-0.05, 0) is 107 Å². The zero-order chi connectivity index (χ0) is 32.8. The molecule has 0 amide bonds. The van der Waals surface area contributed by atoms with Gasteiger partial charge in [-0.1, -0.05) is 38.5 Å². The number of hydrogen-bond donors (Lipinski definition) is 5. The third-order valence-corrected chi connectivity index (χ3v) is 14.6. The van der Waals surface area contributed by atoms with E-state index in [0.717, 1.165) is 31.3 Å². The lowest BCUT2D eigenvalue weighted by Crippen LogP contribution is -2.74. The molecule has 0 radical (unpaired) electrons. The minimum Gasteiger partial charge on any atom is -0.455 e. The fraction of sp³-hybridized carbons (Fsp3) is 0.829. The van der Waals surface area contributed by atoms with Crippen LogP contribution >= 0.6 is 12.6 Å². The highest BCUT2D eigenvalue weighted by Crippen LogP contribution is 2.75. The lowest BCUT2D eigenvalue weighted by Gasteiger charge is -2.72. The molecular weight excluding hydrogens is 580 g/mol. The summed E-state index contributed by atoms with van der Waals surface area (Å²) in [6.45, 7) is 14.7. The number of hydrogen-bond acceptors (Lipinski definition) is 9. The van der Waals surface area contributed by atoms with Crippen LogP contribution in [0.25, 0.3) is 0 Å². The van der Waals surface area contributed by atoms with Crippen LogP contribution in [0, 0.1) is 39.4 Å². The van der Waals surface area contributed by atoms with Gasteiger partial charge in [-0.3, -0.25) is 4.79 Å². The van der Waals surface area contributed by atoms with E-state index in [1.807, 2.05) is 0 Å². The molecular formula is C35H54O8S. The van der Waals surface area contributed by atoms with Crippen molar-refractivity contribution in [2.75, 3.05) is 6.61 Å². The first kappa shape index (κ1) is 34.0. The van der Waals surface area contributed by atoms with Crippen molar-refractivity contribution in [3.8, 4) is 0 Å². The summed E-state index contributed by atoms with van der Waals surface area (Å²) >= 11 is 5.05. The average Bonchev–Trinajstić information content (AvgIpc) is 2.92. The van der Waals surface area contributed by atoms with Crippen LogP contribution in [0.1, 0.15) is 100 Å². The predicted molar refractivity (Wildman–Crippen MR) is 170 cm³/mol. The van der Waals surface area contributed by atoms with Crippen LogP contribution in [-0.2, 0) is 19.1 Å². The van der Waals surface area contributed by atoms with Gasteiger partial charge in [0.2, 0.25) is 0 Å². The Balaban J connectivity index is 1.65. The van der Waals surface area contributed by atoms with E-state index in [1.165, 1.54) is 6.92 Å². The standard InChI is InChI=1S/C35H54O8S/c1-9-19(2)29(40)43-28-27(42-20(3)37)33(7,41)16-22-21-10-11-23-30(4)14-13-25(38)34(8,44)24(30)12-15-31(23,5)32(21,6)17-26(39)35(22,28)18-36/h9-10,22-28,36,38-39,41,44H,11-18H2,1-8H3/b19-9-/t22?,23?,24?,25-,26+,27-,28-,30+,31+,32+,33+,34-,35-/m0/s1. The molecule has 13 atom stereocenters. The van der Waals surface area contributed by atoms with Gasteiger partial charge in [0.25, 0.3) is 0 Å². The number of allylic oxidation sites excluding steroid dienone is 3. The average molecular weight is 635 g/mol. The molecule has 0 spiro atoms. The Labute approximate surface area is 268 Å². The summed E-state index contributed by atoms with van der Waals surface area (Å²) in [4.78, 5) is 25.5. The van der Waals surface area contributed by atoms with Crippen molar-refractivity contribution in [2.45, 2.75) is 135 Å². The quantitative estimate of drug-likeness (QED) is 0.132. The zero-order valence-corrected chi connectivity index (χ0v) is 28.6. The van der Waals surface area contributed by atoms with Gasteiger partial charge in [-0.25, -0.2) is 4.79 Å². The minimum absolute atomic E-state index is 0.0647. The third kappa shape index (κ3) is 4.45. The van der Waals surface area contributed by atoms with Gasteiger partial charge in [-0.2, -0.15) is 12.6 Å². The maximum atomic E-state index is 13.2. The van der Waals surface area contributed by atoms with Crippen LogP contribution < -0.4 is 0 Å². The Morgan fingerprint density at radius 3 is 2.23 bits per heavy atom. The summed E-state index contributed by atoms with van der Waals surface area (Å²) in [5.41, 5.74) is -2.34. The Hall–Kier alpha value is -1.39. The highest BCUT2D eigenvalue weighted by molar-refractivity contribution is 7.81. The molecule has 0 aliphatic heterocycles. The molecule has 0 aromatic carbocycles. The van der Waals surface area contributed by atoms with E-state index >= 15 is 0 Å².